The third-order valence-corrected chi connectivity index (χ3v) is 3.15. The molecule has 88 valence electrons. The van der Waals surface area contributed by atoms with Crippen LogP contribution in [-0.4, -0.2) is 20.3 Å². The van der Waals surface area contributed by atoms with Crippen molar-refractivity contribution in [3.05, 3.63) is 23.8 Å². The van der Waals surface area contributed by atoms with Crippen LogP contribution < -0.4 is 14.8 Å². The average Bonchev–Trinajstić information content (AvgIpc) is 3.02. The number of nitrogens with one attached hydrogen (secondary N) is 1. The molecule has 2 atom stereocenters. The number of rotatable bonds is 5. The van der Waals surface area contributed by atoms with E-state index in [1.807, 2.05) is 18.2 Å². The zero-order valence-corrected chi connectivity index (χ0v) is 10.1. The Morgan fingerprint density at radius 3 is 2.62 bits per heavy atom. The SMILES string of the molecule is COc1ccc(OC)c(CNC2CC2C)c1. The topological polar surface area (TPSA) is 30.5 Å². The summed E-state index contributed by atoms with van der Waals surface area (Å²) in [7, 11) is 3.38. The predicted molar refractivity (Wildman–Crippen MR) is 64.0 cm³/mol. The van der Waals surface area contributed by atoms with Crippen LogP contribution in [0.1, 0.15) is 18.9 Å². The molecular weight excluding hydrogens is 202 g/mol. The molecule has 1 aliphatic carbocycles. The number of benzene rings is 1. The van der Waals surface area contributed by atoms with Crippen molar-refractivity contribution < 1.29 is 9.47 Å². The molecule has 0 saturated heterocycles. The number of ether oxygens (including phenoxy) is 2. The van der Waals surface area contributed by atoms with Crippen molar-refractivity contribution in [1.82, 2.24) is 5.32 Å². The van der Waals surface area contributed by atoms with Crippen LogP contribution in [-0.2, 0) is 6.54 Å². The lowest BCUT2D eigenvalue weighted by Gasteiger charge is -2.11. The summed E-state index contributed by atoms with van der Waals surface area (Å²) in [6.07, 6.45) is 1.28. The Labute approximate surface area is 96.8 Å². The van der Waals surface area contributed by atoms with Gasteiger partial charge in [0.1, 0.15) is 11.5 Å². The minimum Gasteiger partial charge on any atom is -0.497 e. The first kappa shape index (κ1) is 11.3. The Balaban J connectivity index is 2.04. The third kappa shape index (κ3) is 2.47. The highest BCUT2D eigenvalue weighted by Crippen LogP contribution is 2.30. The van der Waals surface area contributed by atoms with E-state index in [-0.39, 0.29) is 0 Å². The first-order chi connectivity index (χ1) is 7.74. The van der Waals surface area contributed by atoms with Gasteiger partial charge in [-0.2, -0.15) is 0 Å². The zero-order chi connectivity index (χ0) is 11.5. The molecular formula is C13H19NO2. The molecule has 0 aromatic heterocycles. The molecule has 16 heavy (non-hydrogen) atoms. The van der Waals surface area contributed by atoms with E-state index in [4.69, 9.17) is 9.47 Å². The molecule has 0 heterocycles. The smallest absolute Gasteiger partial charge is 0.123 e. The van der Waals surface area contributed by atoms with Gasteiger partial charge in [0.25, 0.3) is 0 Å². The molecule has 0 aliphatic heterocycles. The summed E-state index contributed by atoms with van der Waals surface area (Å²) in [5.41, 5.74) is 1.15. The van der Waals surface area contributed by atoms with Crippen molar-refractivity contribution in [1.29, 1.82) is 0 Å². The van der Waals surface area contributed by atoms with E-state index in [1.165, 1.54) is 6.42 Å². The predicted octanol–water partition coefficient (Wildman–Crippen LogP) is 2.20. The molecule has 0 amide bonds. The summed E-state index contributed by atoms with van der Waals surface area (Å²) in [4.78, 5) is 0. The molecule has 2 unspecified atom stereocenters. The van der Waals surface area contributed by atoms with Gasteiger partial charge in [-0.05, 0) is 30.5 Å². The third-order valence-electron chi connectivity index (χ3n) is 3.15. The van der Waals surface area contributed by atoms with Gasteiger partial charge in [0.15, 0.2) is 0 Å². The quantitative estimate of drug-likeness (QED) is 0.827. The van der Waals surface area contributed by atoms with Gasteiger partial charge in [0, 0.05) is 18.2 Å². The van der Waals surface area contributed by atoms with Gasteiger partial charge < -0.3 is 14.8 Å². The number of methoxy groups -OCH3 is 2. The van der Waals surface area contributed by atoms with E-state index < -0.39 is 0 Å². The fourth-order valence-corrected chi connectivity index (χ4v) is 1.87. The van der Waals surface area contributed by atoms with Gasteiger partial charge in [-0.1, -0.05) is 6.92 Å². The Hall–Kier alpha value is -1.22. The lowest BCUT2D eigenvalue weighted by atomic mass is 10.2. The highest BCUT2D eigenvalue weighted by atomic mass is 16.5. The van der Waals surface area contributed by atoms with Crippen LogP contribution in [0.15, 0.2) is 18.2 Å². The summed E-state index contributed by atoms with van der Waals surface area (Å²) >= 11 is 0. The van der Waals surface area contributed by atoms with E-state index in [1.54, 1.807) is 14.2 Å². The molecule has 1 aromatic carbocycles. The Bertz CT molecular complexity index is 365. The maximum absolute atomic E-state index is 5.33. The molecule has 1 aliphatic rings. The van der Waals surface area contributed by atoms with Crippen molar-refractivity contribution in [3.63, 3.8) is 0 Å². The molecule has 1 saturated carbocycles. The molecule has 1 fully saturated rings. The lowest BCUT2D eigenvalue weighted by Crippen LogP contribution is -2.17. The van der Waals surface area contributed by atoms with Gasteiger partial charge in [-0.25, -0.2) is 0 Å². The minimum absolute atomic E-state index is 0.677. The van der Waals surface area contributed by atoms with Crippen LogP contribution in [0.25, 0.3) is 0 Å². The van der Waals surface area contributed by atoms with Gasteiger partial charge in [0.05, 0.1) is 14.2 Å². The highest BCUT2D eigenvalue weighted by molar-refractivity contribution is 5.40. The maximum atomic E-state index is 5.33. The lowest BCUT2D eigenvalue weighted by molar-refractivity contribution is 0.397. The largest absolute Gasteiger partial charge is 0.497 e. The second-order valence-corrected chi connectivity index (χ2v) is 4.38. The Morgan fingerprint density at radius 2 is 2.06 bits per heavy atom. The van der Waals surface area contributed by atoms with E-state index in [2.05, 4.69) is 12.2 Å². The second kappa shape index (κ2) is 4.74. The fourth-order valence-electron chi connectivity index (χ4n) is 1.87. The van der Waals surface area contributed by atoms with Gasteiger partial charge >= 0.3 is 0 Å². The monoisotopic (exact) mass is 221 g/mol. The molecule has 0 bridgehead atoms. The Kier molecular flexibility index (Phi) is 3.34. The average molecular weight is 221 g/mol. The zero-order valence-electron chi connectivity index (χ0n) is 10.1. The summed E-state index contributed by atoms with van der Waals surface area (Å²) in [5.74, 6) is 2.61. The van der Waals surface area contributed by atoms with Crippen LogP contribution in [0.2, 0.25) is 0 Å². The van der Waals surface area contributed by atoms with Crippen LogP contribution in [0.3, 0.4) is 0 Å². The van der Waals surface area contributed by atoms with Crippen LogP contribution >= 0.6 is 0 Å². The molecule has 1 N–H and O–H groups in total. The molecule has 0 spiro atoms. The minimum atomic E-state index is 0.677. The summed E-state index contributed by atoms with van der Waals surface area (Å²) in [5, 5.41) is 3.51. The fraction of sp³-hybridized carbons (Fsp3) is 0.538. The number of hydrogen-bond acceptors (Lipinski definition) is 3. The van der Waals surface area contributed by atoms with Gasteiger partial charge in [-0.3, -0.25) is 0 Å². The number of hydrogen-bond donors (Lipinski definition) is 1. The van der Waals surface area contributed by atoms with E-state index in [0.29, 0.717) is 6.04 Å². The van der Waals surface area contributed by atoms with E-state index >= 15 is 0 Å². The van der Waals surface area contributed by atoms with E-state index in [9.17, 15) is 0 Å². The second-order valence-electron chi connectivity index (χ2n) is 4.38. The molecule has 3 heteroatoms. The normalized spacial score (nSPS) is 22.9. The van der Waals surface area contributed by atoms with Crippen molar-refractivity contribution in [2.75, 3.05) is 14.2 Å². The molecule has 0 radical (unpaired) electrons. The summed E-state index contributed by atoms with van der Waals surface area (Å²) in [6, 6.07) is 6.57. The van der Waals surface area contributed by atoms with Crippen LogP contribution in [0, 0.1) is 5.92 Å². The molecule has 1 aromatic rings. The van der Waals surface area contributed by atoms with Crippen LogP contribution in [0.5, 0.6) is 11.5 Å². The molecule has 3 nitrogen and oxygen atoms in total. The first-order valence-corrected chi connectivity index (χ1v) is 5.69. The van der Waals surface area contributed by atoms with Crippen molar-refractivity contribution in [3.8, 4) is 11.5 Å². The standard InChI is InChI=1S/C13H19NO2/c1-9-6-12(9)14-8-10-7-11(15-2)4-5-13(10)16-3/h4-5,7,9,12,14H,6,8H2,1-3H3. The summed E-state index contributed by atoms with van der Waals surface area (Å²) in [6.45, 7) is 3.11. The first-order valence-electron chi connectivity index (χ1n) is 5.69. The van der Waals surface area contributed by atoms with Crippen molar-refractivity contribution in [2.45, 2.75) is 25.9 Å². The Morgan fingerprint density at radius 1 is 1.31 bits per heavy atom. The van der Waals surface area contributed by atoms with Crippen molar-refractivity contribution >= 4 is 0 Å². The summed E-state index contributed by atoms with van der Waals surface area (Å²) < 4.78 is 10.5. The van der Waals surface area contributed by atoms with Gasteiger partial charge in [-0.15, -0.1) is 0 Å². The maximum Gasteiger partial charge on any atom is 0.123 e. The van der Waals surface area contributed by atoms with Crippen molar-refractivity contribution in [2.24, 2.45) is 5.92 Å². The van der Waals surface area contributed by atoms with E-state index in [0.717, 1.165) is 29.5 Å². The molecule has 2 rings (SSSR count). The highest BCUT2D eigenvalue weighted by Gasteiger charge is 2.31. The van der Waals surface area contributed by atoms with Gasteiger partial charge in [0.2, 0.25) is 0 Å². The van der Waals surface area contributed by atoms with Crippen LogP contribution in [0.4, 0.5) is 0 Å².